The molecule has 2 rings (SSSR count). The van der Waals surface area contributed by atoms with Gasteiger partial charge >= 0.3 is 0 Å². The average molecular weight is 226 g/mol. The van der Waals surface area contributed by atoms with E-state index in [1.54, 1.807) is 6.20 Å². The number of aromatic nitrogens is 1. The summed E-state index contributed by atoms with van der Waals surface area (Å²) in [6.07, 6.45) is 3.12. The van der Waals surface area contributed by atoms with E-state index in [2.05, 4.69) is 29.0 Å². The highest BCUT2D eigenvalue weighted by Gasteiger charge is 2.17. The van der Waals surface area contributed by atoms with Crippen molar-refractivity contribution in [3.63, 3.8) is 0 Å². The van der Waals surface area contributed by atoms with Gasteiger partial charge in [0.2, 0.25) is 5.89 Å². The molecule has 1 aliphatic rings. The molecule has 1 aromatic heterocycles. The van der Waals surface area contributed by atoms with Crippen molar-refractivity contribution in [1.82, 2.24) is 10.3 Å². The summed E-state index contributed by atoms with van der Waals surface area (Å²) in [5.74, 6) is 5.13. The minimum Gasteiger partial charge on any atom is -0.444 e. The summed E-state index contributed by atoms with van der Waals surface area (Å²) in [7, 11) is 0. The summed E-state index contributed by atoms with van der Waals surface area (Å²) in [5.41, 5.74) is 0. The molecule has 0 aromatic carbocycles. The first-order valence-corrected chi connectivity index (χ1v) is 6.64. The zero-order valence-corrected chi connectivity index (χ0v) is 10.1. The Kier molecular flexibility index (Phi) is 3.70. The molecule has 1 fully saturated rings. The largest absolute Gasteiger partial charge is 0.444 e. The molecule has 15 heavy (non-hydrogen) atoms. The fourth-order valence-corrected chi connectivity index (χ4v) is 3.03. The fraction of sp³-hybridized carbons (Fsp3) is 0.727. The van der Waals surface area contributed by atoms with Crippen molar-refractivity contribution in [3.05, 3.63) is 17.8 Å². The van der Waals surface area contributed by atoms with Crippen molar-refractivity contribution in [2.75, 3.05) is 18.1 Å². The predicted molar refractivity (Wildman–Crippen MR) is 63.1 cm³/mol. The summed E-state index contributed by atoms with van der Waals surface area (Å²) in [6, 6.07) is 0.226. The van der Waals surface area contributed by atoms with Gasteiger partial charge < -0.3 is 9.73 Å². The van der Waals surface area contributed by atoms with Crippen LogP contribution in [0, 0.1) is 12.8 Å². The van der Waals surface area contributed by atoms with E-state index in [1.807, 2.05) is 6.92 Å². The summed E-state index contributed by atoms with van der Waals surface area (Å²) >= 11 is 2.05. The first-order chi connectivity index (χ1) is 7.25. The number of thioether (sulfide) groups is 1. The Morgan fingerprint density at radius 3 is 3.20 bits per heavy atom. The summed E-state index contributed by atoms with van der Waals surface area (Å²) in [5, 5.41) is 3.48. The highest BCUT2D eigenvalue weighted by Crippen LogP contribution is 2.23. The van der Waals surface area contributed by atoms with E-state index in [4.69, 9.17) is 4.42 Å². The zero-order valence-electron chi connectivity index (χ0n) is 9.32. The van der Waals surface area contributed by atoms with E-state index in [-0.39, 0.29) is 6.04 Å². The molecule has 84 valence electrons. The lowest BCUT2D eigenvalue weighted by Crippen LogP contribution is -2.25. The third-order valence-electron chi connectivity index (χ3n) is 2.75. The van der Waals surface area contributed by atoms with E-state index in [9.17, 15) is 0 Å². The molecule has 1 aliphatic heterocycles. The van der Waals surface area contributed by atoms with Crippen molar-refractivity contribution in [1.29, 1.82) is 0 Å². The van der Waals surface area contributed by atoms with Crippen LogP contribution in [-0.2, 0) is 0 Å². The topological polar surface area (TPSA) is 38.1 Å². The highest BCUT2D eigenvalue weighted by atomic mass is 32.2. The lowest BCUT2D eigenvalue weighted by Gasteiger charge is -2.13. The van der Waals surface area contributed by atoms with E-state index in [1.165, 1.54) is 17.9 Å². The molecular formula is C11H18N2OS. The molecule has 2 unspecified atom stereocenters. The number of hydrogen-bond donors (Lipinski definition) is 1. The van der Waals surface area contributed by atoms with Crippen molar-refractivity contribution in [2.24, 2.45) is 5.92 Å². The standard InChI is InChI=1S/C11H18N2OS/c1-8-5-13-11(14-8)9(2)12-6-10-3-4-15-7-10/h5,9-10,12H,3-4,6-7H2,1-2H3. The summed E-state index contributed by atoms with van der Waals surface area (Å²) < 4.78 is 5.48. The molecular weight excluding hydrogens is 208 g/mol. The van der Waals surface area contributed by atoms with Crippen molar-refractivity contribution in [2.45, 2.75) is 26.3 Å². The van der Waals surface area contributed by atoms with Gasteiger partial charge in [-0.05, 0) is 44.2 Å². The third kappa shape index (κ3) is 2.98. The van der Waals surface area contributed by atoms with Crippen molar-refractivity contribution in [3.8, 4) is 0 Å². The van der Waals surface area contributed by atoms with Crippen LogP contribution in [0.4, 0.5) is 0 Å². The van der Waals surface area contributed by atoms with Gasteiger partial charge in [-0.25, -0.2) is 4.98 Å². The molecule has 0 spiro atoms. The average Bonchev–Trinajstić information content (AvgIpc) is 2.84. The van der Waals surface area contributed by atoms with Crippen LogP contribution in [0.25, 0.3) is 0 Å². The van der Waals surface area contributed by atoms with E-state index < -0.39 is 0 Å². The first kappa shape index (κ1) is 11.0. The molecule has 1 N–H and O–H groups in total. The maximum absolute atomic E-state index is 5.48. The minimum absolute atomic E-state index is 0.226. The lowest BCUT2D eigenvalue weighted by atomic mass is 10.1. The van der Waals surface area contributed by atoms with Gasteiger partial charge in [0.15, 0.2) is 0 Å². The van der Waals surface area contributed by atoms with Crippen LogP contribution in [0.2, 0.25) is 0 Å². The van der Waals surface area contributed by atoms with Crippen LogP contribution in [0.15, 0.2) is 10.6 Å². The quantitative estimate of drug-likeness (QED) is 0.855. The maximum Gasteiger partial charge on any atom is 0.211 e. The Balaban J connectivity index is 1.79. The summed E-state index contributed by atoms with van der Waals surface area (Å²) in [4.78, 5) is 4.23. The first-order valence-electron chi connectivity index (χ1n) is 5.49. The number of rotatable bonds is 4. The molecule has 2 atom stereocenters. The minimum atomic E-state index is 0.226. The van der Waals surface area contributed by atoms with Crippen molar-refractivity contribution < 1.29 is 4.42 Å². The number of hydrogen-bond acceptors (Lipinski definition) is 4. The molecule has 2 heterocycles. The second-order valence-electron chi connectivity index (χ2n) is 4.17. The monoisotopic (exact) mass is 226 g/mol. The molecule has 3 nitrogen and oxygen atoms in total. The van der Waals surface area contributed by atoms with Gasteiger partial charge in [0.05, 0.1) is 12.2 Å². The van der Waals surface area contributed by atoms with E-state index in [0.717, 1.165) is 24.1 Å². The Bertz CT molecular complexity index is 307. The molecule has 0 aliphatic carbocycles. The Morgan fingerprint density at radius 2 is 2.60 bits per heavy atom. The van der Waals surface area contributed by atoms with Crippen LogP contribution in [0.5, 0.6) is 0 Å². The predicted octanol–water partition coefficient (Wildman–Crippen LogP) is 2.39. The molecule has 0 saturated carbocycles. The highest BCUT2D eigenvalue weighted by molar-refractivity contribution is 7.99. The van der Waals surface area contributed by atoms with Gasteiger partial charge in [-0.1, -0.05) is 0 Å². The number of nitrogens with zero attached hydrogens (tertiary/aromatic N) is 1. The smallest absolute Gasteiger partial charge is 0.211 e. The van der Waals surface area contributed by atoms with Gasteiger partial charge in [0.1, 0.15) is 5.76 Å². The van der Waals surface area contributed by atoms with Gasteiger partial charge in [-0.2, -0.15) is 11.8 Å². The van der Waals surface area contributed by atoms with Gasteiger partial charge in [0.25, 0.3) is 0 Å². The normalized spacial score (nSPS) is 23.2. The number of aryl methyl sites for hydroxylation is 1. The van der Waals surface area contributed by atoms with Crippen LogP contribution < -0.4 is 5.32 Å². The van der Waals surface area contributed by atoms with Gasteiger partial charge in [-0.15, -0.1) is 0 Å². The van der Waals surface area contributed by atoms with Gasteiger partial charge in [0, 0.05) is 0 Å². The number of nitrogens with one attached hydrogen (secondary N) is 1. The third-order valence-corrected chi connectivity index (χ3v) is 3.98. The molecule has 0 amide bonds. The van der Waals surface area contributed by atoms with E-state index in [0.29, 0.717) is 0 Å². The second-order valence-corrected chi connectivity index (χ2v) is 5.32. The molecule has 1 aromatic rings. The van der Waals surface area contributed by atoms with Crippen LogP contribution in [-0.4, -0.2) is 23.0 Å². The molecule has 0 bridgehead atoms. The van der Waals surface area contributed by atoms with Crippen molar-refractivity contribution >= 4 is 11.8 Å². The zero-order chi connectivity index (χ0) is 10.7. The van der Waals surface area contributed by atoms with E-state index >= 15 is 0 Å². The maximum atomic E-state index is 5.48. The Morgan fingerprint density at radius 1 is 1.73 bits per heavy atom. The van der Waals surface area contributed by atoms with Crippen LogP contribution in [0.1, 0.15) is 31.0 Å². The Hall–Kier alpha value is -0.480. The van der Waals surface area contributed by atoms with Crippen LogP contribution in [0.3, 0.4) is 0 Å². The van der Waals surface area contributed by atoms with Crippen LogP contribution >= 0.6 is 11.8 Å². The second kappa shape index (κ2) is 5.03. The summed E-state index contributed by atoms with van der Waals surface area (Å²) in [6.45, 7) is 5.11. The number of oxazole rings is 1. The lowest BCUT2D eigenvalue weighted by molar-refractivity contribution is 0.385. The van der Waals surface area contributed by atoms with Gasteiger partial charge in [-0.3, -0.25) is 0 Å². The fourth-order valence-electron chi connectivity index (χ4n) is 1.75. The molecule has 4 heteroatoms. The SMILES string of the molecule is Cc1cnc(C(C)NCC2CCSC2)o1. The molecule has 0 radical (unpaired) electrons. The molecule has 1 saturated heterocycles. The Labute approximate surface area is 95.0 Å².